The molecular formula is C17H23N5O5S. The maximum Gasteiger partial charge on any atom is 0.320 e. The normalized spacial score (nSPS) is 28.2. The third-order valence-corrected chi connectivity index (χ3v) is 5.97. The van der Waals surface area contributed by atoms with Crippen molar-refractivity contribution in [2.75, 3.05) is 11.5 Å². The highest BCUT2D eigenvalue weighted by Crippen LogP contribution is 2.34. The lowest BCUT2D eigenvalue weighted by Gasteiger charge is -2.17. The molecule has 0 amide bonds. The van der Waals surface area contributed by atoms with Gasteiger partial charge in [-0.15, -0.1) is 0 Å². The molecule has 0 spiro atoms. The van der Waals surface area contributed by atoms with E-state index in [0.29, 0.717) is 11.2 Å². The maximum absolute atomic E-state index is 11.2. The number of nitrogens with zero attached hydrogens (tertiary/aromatic N) is 4. The lowest BCUT2D eigenvalue weighted by molar-refractivity contribution is -0.109. The number of ether oxygens (including phenoxy) is 2. The van der Waals surface area contributed by atoms with Gasteiger partial charge in [-0.05, 0) is 25.7 Å². The number of aliphatic hydroxyl groups excluding tert-OH is 2. The summed E-state index contributed by atoms with van der Waals surface area (Å²) in [5.41, 5.74) is 6.74. The maximum atomic E-state index is 11.2. The zero-order valence-corrected chi connectivity index (χ0v) is 16.2. The Hall–Kier alpha value is -1.95. The van der Waals surface area contributed by atoms with E-state index in [-0.39, 0.29) is 28.8 Å². The topological polar surface area (TPSA) is 146 Å². The summed E-state index contributed by atoms with van der Waals surface area (Å²) in [6.07, 6.45) is 1.69. The molecule has 2 fully saturated rings. The van der Waals surface area contributed by atoms with Crippen molar-refractivity contribution in [1.29, 1.82) is 0 Å². The zero-order valence-electron chi connectivity index (χ0n) is 15.4. The molecule has 4 rings (SSSR count). The number of aromatic nitrogens is 4. The molecule has 0 radical (unpaired) electrons. The van der Waals surface area contributed by atoms with Crippen molar-refractivity contribution in [2.24, 2.45) is 0 Å². The Morgan fingerprint density at radius 3 is 2.82 bits per heavy atom. The number of nitrogens with two attached hydrogens (primary N) is 1. The standard InChI is InChI=1S/C17H23N5O5S/c1-8(23)28-6-10-12(24)13(25)16(27-10)22-7-19-11-14(18)20-17(21-15(11)22)26-9-4-2-3-5-9/h7,9-10,12-13,16,24-25H,2-6H2,1H3,(H2,18,20,21)/t10-,12-,13-,16-/m1/s1. The number of imidazole rings is 1. The van der Waals surface area contributed by atoms with Gasteiger partial charge in [0.25, 0.3) is 0 Å². The molecule has 2 aromatic heterocycles. The quantitative estimate of drug-likeness (QED) is 0.642. The number of fused-ring (bicyclic) bond motifs is 1. The average Bonchev–Trinajstić information content (AvgIpc) is 3.36. The third kappa shape index (κ3) is 3.66. The summed E-state index contributed by atoms with van der Waals surface area (Å²) in [6.45, 7) is 1.44. The number of thioether (sulfide) groups is 1. The highest BCUT2D eigenvalue weighted by atomic mass is 32.2. The molecule has 0 bridgehead atoms. The molecule has 1 saturated heterocycles. The number of aliphatic hydroxyl groups is 2. The van der Waals surface area contributed by atoms with Crippen LogP contribution in [0.1, 0.15) is 38.8 Å². The van der Waals surface area contributed by atoms with Crippen LogP contribution in [-0.4, -0.2) is 65.0 Å². The summed E-state index contributed by atoms with van der Waals surface area (Å²) in [6, 6.07) is 0.162. The van der Waals surface area contributed by atoms with E-state index in [1.54, 1.807) is 0 Å². The second-order valence-corrected chi connectivity index (χ2v) is 8.29. The molecule has 4 atom stereocenters. The van der Waals surface area contributed by atoms with E-state index in [1.807, 2.05) is 0 Å². The Morgan fingerprint density at radius 2 is 2.11 bits per heavy atom. The van der Waals surface area contributed by atoms with Crippen molar-refractivity contribution in [3.05, 3.63) is 6.33 Å². The van der Waals surface area contributed by atoms with E-state index >= 15 is 0 Å². The Balaban J connectivity index is 1.61. The number of anilines is 1. The van der Waals surface area contributed by atoms with Gasteiger partial charge in [-0.2, -0.15) is 9.97 Å². The fourth-order valence-electron chi connectivity index (χ4n) is 3.61. The molecule has 28 heavy (non-hydrogen) atoms. The molecule has 0 unspecified atom stereocenters. The minimum atomic E-state index is -1.20. The van der Waals surface area contributed by atoms with E-state index in [2.05, 4.69) is 15.0 Å². The van der Waals surface area contributed by atoms with Gasteiger partial charge in [-0.1, -0.05) is 11.8 Å². The lowest BCUT2D eigenvalue weighted by atomic mass is 10.1. The fourth-order valence-corrected chi connectivity index (χ4v) is 4.28. The molecule has 1 saturated carbocycles. The molecule has 11 heteroatoms. The molecular weight excluding hydrogens is 386 g/mol. The number of rotatable bonds is 5. The van der Waals surface area contributed by atoms with E-state index in [9.17, 15) is 15.0 Å². The molecule has 10 nitrogen and oxygen atoms in total. The molecule has 2 aliphatic rings. The van der Waals surface area contributed by atoms with Crippen LogP contribution in [0.3, 0.4) is 0 Å². The molecule has 1 aliphatic carbocycles. The van der Waals surface area contributed by atoms with Gasteiger partial charge in [0.2, 0.25) is 0 Å². The second kappa shape index (κ2) is 7.82. The van der Waals surface area contributed by atoms with Crippen LogP contribution < -0.4 is 10.5 Å². The molecule has 152 valence electrons. The smallest absolute Gasteiger partial charge is 0.320 e. The summed E-state index contributed by atoms with van der Waals surface area (Å²) < 4.78 is 13.2. The predicted octanol–water partition coefficient (Wildman–Crippen LogP) is 0.629. The van der Waals surface area contributed by atoms with Crippen LogP contribution in [0, 0.1) is 0 Å². The van der Waals surface area contributed by atoms with Gasteiger partial charge < -0.3 is 25.4 Å². The van der Waals surface area contributed by atoms with Crippen LogP contribution in [0.15, 0.2) is 6.33 Å². The first-order valence-corrected chi connectivity index (χ1v) is 10.2. The summed E-state index contributed by atoms with van der Waals surface area (Å²) in [5.74, 6) is 0.414. The summed E-state index contributed by atoms with van der Waals surface area (Å²) in [4.78, 5) is 24.0. The van der Waals surface area contributed by atoms with Gasteiger partial charge in [0, 0.05) is 12.7 Å². The number of hydrogen-bond acceptors (Lipinski definition) is 10. The number of carbonyl (C=O) groups excluding carboxylic acids is 1. The first-order valence-electron chi connectivity index (χ1n) is 9.25. The average molecular weight is 409 g/mol. The number of carbonyl (C=O) groups is 1. The first kappa shape index (κ1) is 19.4. The van der Waals surface area contributed by atoms with E-state index in [1.165, 1.54) is 17.8 Å². The van der Waals surface area contributed by atoms with Crippen LogP contribution in [0.2, 0.25) is 0 Å². The largest absolute Gasteiger partial charge is 0.460 e. The molecule has 1 aliphatic heterocycles. The van der Waals surface area contributed by atoms with Crippen LogP contribution in [-0.2, 0) is 9.53 Å². The van der Waals surface area contributed by atoms with Crippen LogP contribution in [0.5, 0.6) is 6.01 Å². The van der Waals surface area contributed by atoms with Gasteiger partial charge >= 0.3 is 6.01 Å². The summed E-state index contributed by atoms with van der Waals surface area (Å²) >= 11 is 1.03. The Labute approximate surface area is 165 Å². The van der Waals surface area contributed by atoms with Crippen LogP contribution >= 0.6 is 11.8 Å². The van der Waals surface area contributed by atoms with Gasteiger partial charge in [-0.3, -0.25) is 9.36 Å². The lowest BCUT2D eigenvalue weighted by Crippen LogP contribution is -2.32. The van der Waals surface area contributed by atoms with Crippen molar-refractivity contribution >= 4 is 33.9 Å². The van der Waals surface area contributed by atoms with Gasteiger partial charge in [0.1, 0.15) is 18.3 Å². The van der Waals surface area contributed by atoms with Crippen LogP contribution in [0.25, 0.3) is 11.2 Å². The minimum absolute atomic E-state index is 0.0661. The van der Waals surface area contributed by atoms with Crippen molar-refractivity contribution in [3.63, 3.8) is 0 Å². The van der Waals surface area contributed by atoms with E-state index < -0.39 is 24.5 Å². The molecule has 2 aromatic rings. The first-order chi connectivity index (χ1) is 13.4. The van der Waals surface area contributed by atoms with Gasteiger partial charge in [0.15, 0.2) is 28.3 Å². The Morgan fingerprint density at radius 1 is 1.36 bits per heavy atom. The number of hydrogen-bond donors (Lipinski definition) is 3. The minimum Gasteiger partial charge on any atom is -0.460 e. The summed E-state index contributed by atoms with van der Waals surface area (Å²) in [5, 5.41) is 20.7. The summed E-state index contributed by atoms with van der Waals surface area (Å²) in [7, 11) is 0. The van der Waals surface area contributed by atoms with Gasteiger partial charge in [-0.25, -0.2) is 4.98 Å². The molecule has 4 N–H and O–H groups in total. The van der Waals surface area contributed by atoms with E-state index in [0.717, 1.165) is 37.4 Å². The SMILES string of the molecule is CC(=O)SC[C@H]1O[C@@H](n2cnc3c(N)nc(OC4CCCC4)nc32)[C@H](O)[C@@H]1O. The van der Waals surface area contributed by atoms with Crippen LogP contribution in [0.4, 0.5) is 5.82 Å². The zero-order chi connectivity index (χ0) is 19.8. The van der Waals surface area contributed by atoms with Crippen molar-refractivity contribution < 1.29 is 24.5 Å². The second-order valence-electron chi connectivity index (χ2n) is 7.09. The fraction of sp³-hybridized carbons (Fsp3) is 0.647. The van der Waals surface area contributed by atoms with Gasteiger partial charge in [0.05, 0.1) is 12.4 Å². The highest BCUT2D eigenvalue weighted by Gasteiger charge is 2.44. The van der Waals surface area contributed by atoms with Crippen molar-refractivity contribution in [1.82, 2.24) is 19.5 Å². The molecule has 0 aromatic carbocycles. The highest BCUT2D eigenvalue weighted by molar-refractivity contribution is 8.13. The monoisotopic (exact) mass is 409 g/mol. The third-order valence-electron chi connectivity index (χ3n) is 5.06. The van der Waals surface area contributed by atoms with Crippen molar-refractivity contribution in [2.45, 2.75) is 63.3 Å². The van der Waals surface area contributed by atoms with E-state index in [4.69, 9.17) is 15.2 Å². The Kier molecular flexibility index (Phi) is 5.41. The number of nitrogen functional groups attached to an aromatic ring is 1. The Bertz CT molecular complexity index is 871. The van der Waals surface area contributed by atoms with Crippen molar-refractivity contribution in [3.8, 4) is 6.01 Å². The predicted molar refractivity (Wildman–Crippen MR) is 102 cm³/mol. The molecule has 3 heterocycles.